The highest BCUT2D eigenvalue weighted by molar-refractivity contribution is 5.28. The van der Waals surface area contributed by atoms with Crippen LogP contribution >= 0.6 is 0 Å². The minimum Gasteiger partial charge on any atom is -0.481 e. The van der Waals surface area contributed by atoms with E-state index in [0.717, 1.165) is 5.56 Å². The zero-order valence-electron chi connectivity index (χ0n) is 11.4. The Balaban J connectivity index is 1.89. The first-order valence-electron chi connectivity index (χ1n) is 6.54. The lowest BCUT2D eigenvalue weighted by molar-refractivity contribution is -0.163. The summed E-state index contributed by atoms with van der Waals surface area (Å²) in [6, 6.07) is 3.84. The summed E-state index contributed by atoms with van der Waals surface area (Å²) in [5, 5.41) is 10.1. The number of hydrogen-bond donors (Lipinski definition) is 1. The summed E-state index contributed by atoms with van der Waals surface area (Å²) in [5.41, 5.74) is 1.07. The van der Waals surface area contributed by atoms with Crippen LogP contribution in [-0.2, 0) is 9.47 Å². The van der Waals surface area contributed by atoms with Crippen molar-refractivity contribution in [2.75, 3.05) is 7.11 Å². The van der Waals surface area contributed by atoms with Gasteiger partial charge in [-0.25, -0.2) is 4.98 Å². The third-order valence-corrected chi connectivity index (χ3v) is 3.83. The van der Waals surface area contributed by atoms with Gasteiger partial charge in [-0.3, -0.25) is 0 Å². The molecule has 1 aliphatic heterocycles. The summed E-state index contributed by atoms with van der Waals surface area (Å²) in [4.78, 5) is 4.11. The summed E-state index contributed by atoms with van der Waals surface area (Å²) in [6.07, 6.45) is 1.50. The van der Waals surface area contributed by atoms with Crippen molar-refractivity contribution in [3.05, 3.63) is 23.9 Å². The Morgan fingerprint density at radius 2 is 2.11 bits per heavy atom. The van der Waals surface area contributed by atoms with Crippen molar-refractivity contribution in [1.29, 1.82) is 0 Å². The molecule has 2 heterocycles. The molecule has 0 unspecified atom stereocenters. The Labute approximate surface area is 112 Å². The van der Waals surface area contributed by atoms with Crippen LogP contribution in [0.4, 0.5) is 0 Å². The molecule has 0 aromatic carbocycles. The fraction of sp³-hybridized carbons (Fsp3) is 0.643. The van der Waals surface area contributed by atoms with Crippen molar-refractivity contribution < 1.29 is 19.3 Å². The van der Waals surface area contributed by atoms with Crippen LogP contribution in [0.2, 0.25) is 0 Å². The fourth-order valence-corrected chi connectivity index (χ4v) is 3.05. The van der Waals surface area contributed by atoms with E-state index in [-0.39, 0.29) is 18.1 Å². The van der Waals surface area contributed by atoms with E-state index in [0.29, 0.717) is 12.3 Å². The van der Waals surface area contributed by atoms with E-state index in [2.05, 4.69) is 4.98 Å². The largest absolute Gasteiger partial charge is 0.481 e. The van der Waals surface area contributed by atoms with Gasteiger partial charge in [-0.15, -0.1) is 0 Å². The highest BCUT2D eigenvalue weighted by Crippen LogP contribution is 2.46. The topological polar surface area (TPSA) is 60.8 Å². The Kier molecular flexibility index (Phi) is 3.00. The van der Waals surface area contributed by atoms with Gasteiger partial charge in [-0.2, -0.15) is 0 Å². The van der Waals surface area contributed by atoms with Gasteiger partial charge in [0, 0.05) is 18.2 Å². The Bertz CT molecular complexity index is 476. The molecule has 1 aliphatic carbocycles. The summed E-state index contributed by atoms with van der Waals surface area (Å²) in [6.45, 7) is 3.75. The van der Waals surface area contributed by atoms with Gasteiger partial charge in [0.1, 0.15) is 6.10 Å². The van der Waals surface area contributed by atoms with E-state index in [1.807, 2.05) is 26.0 Å². The van der Waals surface area contributed by atoms with E-state index in [1.165, 1.54) is 0 Å². The minimum absolute atomic E-state index is 0.110. The molecule has 1 saturated carbocycles. The van der Waals surface area contributed by atoms with Gasteiger partial charge < -0.3 is 19.3 Å². The summed E-state index contributed by atoms with van der Waals surface area (Å²) < 4.78 is 16.9. The molecule has 1 aromatic heterocycles. The minimum atomic E-state index is -0.633. The number of aromatic nitrogens is 1. The molecule has 0 radical (unpaired) electrons. The van der Waals surface area contributed by atoms with Crippen molar-refractivity contribution in [3.63, 3.8) is 0 Å². The number of nitrogens with zero attached hydrogens (tertiary/aromatic N) is 1. The van der Waals surface area contributed by atoms with Gasteiger partial charge in [0.25, 0.3) is 0 Å². The first-order chi connectivity index (χ1) is 9.00. The number of fused-ring (bicyclic) bond motifs is 1. The number of aliphatic hydroxyl groups excluding tert-OH is 1. The number of hydrogen-bond acceptors (Lipinski definition) is 5. The molecule has 2 fully saturated rings. The van der Waals surface area contributed by atoms with Crippen molar-refractivity contribution in [2.24, 2.45) is 0 Å². The maximum atomic E-state index is 10.1. The van der Waals surface area contributed by atoms with Crippen LogP contribution in [0.1, 0.15) is 31.7 Å². The van der Waals surface area contributed by atoms with Gasteiger partial charge in [0.2, 0.25) is 5.88 Å². The molecule has 1 saturated heterocycles. The lowest BCUT2D eigenvalue weighted by atomic mass is 9.96. The van der Waals surface area contributed by atoms with Gasteiger partial charge >= 0.3 is 0 Å². The molecule has 5 heteroatoms. The second-order valence-corrected chi connectivity index (χ2v) is 5.61. The van der Waals surface area contributed by atoms with Crippen molar-refractivity contribution >= 4 is 0 Å². The van der Waals surface area contributed by atoms with Crippen molar-refractivity contribution in [1.82, 2.24) is 4.98 Å². The average Bonchev–Trinajstić information content (AvgIpc) is 2.85. The number of aliphatic hydroxyl groups is 1. The molecule has 1 aromatic rings. The molecule has 0 amide bonds. The number of pyridine rings is 1. The number of ether oxygens (including phenoxy) is 3. The predicted octanol–water partition coefficient (Wildman–Crippen LogP) is 1.46. The van der Waals surface area contributed by atoms with Crippen molar-refractivity contribution in [2.45, 2.75) is 50.3 Å². The molecular weight excluding hydrogens is 246 g/mol. The normalized spacial score (nSPS) is 36.2. The summed E-state index contributed by atoms with van der Waals surface area (Å²) in [5.74, 6) is 0.0545. The monoisotopic (exact) mass is 265 g/mol. The van der Waals surface area contributed by atoms with Crippen LogP contribution in [0.25, 0.3) is 0 Å². The molecule has 4 atom stereocenters. The zero-order chi connectivity index (χ0) is 13.6. The Morgan fingerprint density at radius 1 is 1.37 bits per heavy atom. The molecule has 19 heavy (non-hydrogen) atoms. The first-order valence-corrected chi connectivity index (χ1v) is 6.54. The maximum absolute atomic E-state index is 10.1. The van der Waals surface area contributed by atoms with E-state index >= 15 is 0 Å². The second-order valence-electron chi connectivity index (χ2n) is 5.61. The smallest absolute Gasteiger partial charge is 0.213 e. The molecule has 2 aliphatic rings. The molecule has 5 nitrogen and oxygen atoms in total. The van der Waals surface area contributed by atoms with E-state index in [4.69, 9.17) is 14.2 Å². The van der Waals surface area contributed by atoms with Crippen molar-refractivity contribution in [3.8, 4) is 5.88 Å². The van der Waals surface area contributed by atoms with Crippen LogP contribution in [-0.4, -0.2) is 41.3 Å². The fourth-order valence-electron chi connectivity index (χ4n) is 3.05. The quantitative estimate of drug-likeness (QED) is 0.877. The van der Waals surface area contributed by atoms with Gasteiger partial charge in [0.15, 0.2) is 5.79 Å². The highest BCUT2D eigenvalue weighted by atomic mass is 16.8. The molecule has 0 spiro atoms. The zero-order valence-corrected chi connectivity index (χ0v) is 11.4. The van der Waals surface area contributed by atoms with Gasteiger partial charge in [-0.05, 0) is 31.9 Å². The third-order valence-electron chi connectivity index (χ3n) is 3.83. The van der Waals surface area contributed by atoms with Gasteiger partial charge in [-0.1, -0.05) is 0 Å². The predicted molar refractivity (Wildman–Crippen MR) is 68.0 cm³/mol. The van der Waals surface area contributed by atoms with Crippen LogP contribution in [0.3, 0.4) is 0 Å². The highest BCUT2D eigenvalue weighted by Gasteiger charge is 2.53. The summed E-state index contributed by atoms with van der Waals surface area (Å²) >= 11 is 0. The lowest BCUT2D eigenvalue weighted by Gasteiger charge is -2.22. The SMILES string of the molecule is COc1cc([C@H]2C[C@H](O)[C@@H]3OC(C)(C)O[C@@H]32)ccn1. The standard InChI is InChI=1S/C14H19NO4/c1-14(2)18-12-9(7-10(16)13(12)19-14)8-4-5-15-11(6-8)17-3/h4-6,9-10,12-13,16H,7H2,1-3H3/t9-,10+,12-,13+/m1/s1. The van der Waals surface area contributed by atoms with Crippen LogP contribution in [0.15, 0.2) is 18.3 Å². The molecule has 104 valence electrons. The molecule has 1 N–H and O–H groups in total. The van der Waals surface area contributed by atoms with E-state index < -0.39 is 11.9 Å². The number of rotatable bonds is 2. The summed E-state index contributed by atoms with van der Waals surface area (Å²) in [7, 11) is 1.59. The van der Waals surface area contributed by atoms with E-state index in [1.54, 1.807) is 13.3 Å². The number of methoxy groups -OCH3 is 1. The van der Waals surface area contributed by atoms with Crippen LogP contribution in [0.5, 0.6) is 5.88 Å². The second kappa shape index (κ2) is 4.44. The maximum Gasteiger partial charge on any atom is 0.213 e. The molecule has 3 rings (SSSR count). The van der Waals surface area contributed by atoms with Crippen LogP contribution in [0, 0.1) is 0 Å². The molecular formula is C14H19NO4. The Hall–Kier alpha value is -1.17. The average molecular weight is 265 g/mol. The van der Waals surface area contributed by atoms with Gasteiger partial charge in [0.05, 0.1) is 19.3 Å². The lowest BCUT2D eigenvalue weighted by Crippen LogP contribution is -2.28. The Morgan fingerprint density at radius 3 is 2.84 bits per heavy atom. The van der Waals surface area contributed by atoms with Crippen LogP contribution < -0.4 is 4.74 Å². The first kappa shape index (κ1) is 12.8. The third kappa shape index (κ3) is 2.22. The molecule has 0 bridgehead atoms. The van der Waals surface area contributed by atoms with E-state index in [9.17, 15) is 5.11 Å².